The van der Waals surface area contributed by atoms with Crippen molar-refractivity contribution in [3.8, 4) is 0 Å². The van der Waals surface area contributed by atoms with Gasteiger partial charge >= 0.3 is 6.18 Å². The number of anilines is 1. The highest BCUT2D eigenvalue weighted by Gasteiger charge is 2.47. The van der Waals surface area contributed by atoms with E-state index in [0.29, 0.717) is 10.6 Å². The summed E-state index contributed by atoms with van der Waals surface area (Å²) < 4.78 is 43.2. The summed E-state index contributed by atoms with van der Waals surface area (Å²) in [4.78, 5) is 12.7. The van der Waals surface area contributed by atoms with Crippen molar-refractivity contribution in [1.82, 2.24) is 15.1 Å². The minimum Gasteiger partial charge on any atom is -0.362 e. The lowest BCUT2D eigenvalue weighted by molar-refractivity contribution is -0.173. The lowest BCUT2D eigenvalue weighted by Crippen LogP contribution is -2.35. The summed E-state index contributed by atoms with van der Waals surface area (Å²) in [5.74, 6) is -0.709. The molecule has 4 rings (SSSR count). The van der Waals surface area contributed by atoms with Crippen molar-refractivity contribution in [2.45, 2.75) is 31.2 Å². The Hall–Kier alpha value is -2.23. The van der Waals surface area contributed by atoms with Crippen LogP contribution in [0.2, 0.25) is 10.0 Å². The second kappa shape index (κ2) is 8.96. The maximum Gasteiger partial charge on any atom is 0.410 e. The van der Waals surface area contributed by atoms with Crippen LogP contribution in [-0.4, -0.2) is 21.9 Å². The molecule has 2 N–H and O–H groups in total. The second-order valence-corrected chi connectivity index (χ2v) is 9.04. The molecule has 2 aromatic carbocycles. The first-order chi connectivity index (χ1) is 15.1. The maximum atomic E-state index is 13.9. The van der Waals surface area contributed by atoms with Crippen LogP contribution in [0.4, 0.5) is 19.0 Å². The SMILES string of the molecule is O=C(NCc1ccc(Cl)cc1)c1nn2c(c1Cl)NC(c1ccc(Br)cc1)CC2C(F)(F)F. The normalized spacial score (nSPS) is 18.1. The highest BCUT2D eigenvalue weighted by atomic mass is 79.9. The number of nitrogens with one attached hydrogen (secondary N) is 2. The highest BCUT2D eigenvalue weighted by molar-refractivity contribution is 9.10. The molecule has 11 heteroatoms. The number of aromatic nitrogens is 2. The van der Waals surface area contributed by atoms with Gasteiger partial charge in [0, 0.05) is 22.5 Å². The topological polar surface area (TPSA) is 59.0 Å². The Morgan fingerprint density at radius 1 is 1.16 bits per heavy atom. The van der Waals surface area contributed by atoms with Gasteiger partial charge in [-0.3, -0.25) is 4.79 Å². The first-order valence-electron chi connectivity index (χ1n) is 9.53. The molecule has 0 saturated carbocycles. The van der Waals surface area contributed by atoms with Crippen molar-refractivity contribution in [3.63, 3.8) is 0 Å². The molecule has 32 heavy (non-hydrogen) atoms. The van der Waals surface area contributed by atoms with Gasteiger partial charge in [-0.05, 0) is 35.4 Å². The molecular weight excluding hydrogens is 532 g/mol. The molecule has 2 heterocycles. The Morgan fingerprint density at radius 3 is 2.44 bits per heavy atom. The first kappa shape index (κ1) is 22.9. The molecule has 1 aliphatic heterocycles. The third-order valence-electron chi connectivity index (χ3n) is 5.15. The number of fused-ring (bicyclic) bond motifs is 1. The van der Waals surface area contributed by atoms with E-state index in [4.69, 9.17) is 23.2 Å². The molecule has 0 radical (unpaired) electrons. The molecule has 0 fully saturated rings. The van der Waals surface area contributed by atoms with E-state index >= 15 is 0 Å². The number of halogens is 6. The van der Waals surface area contributed by atoms with Crippen LogP contribution in [0.1, 0.15) is 40.1 Å². The molecule has 2 atom stereocenters. The predicted octanol–water partition coefficient (Wildman–Crippen LogP) is 6.54. The van der Waals surface area contributed by atoms with Crippen LogP contribution in [-0.2, 0) is 6.54 Å². The molecule has 168 valence electrons. The number of alkyl halides is 3. The number of rotatable bonds is 4. The third kappa shape index (κ3) is 4.74. The summed E-state index contributed by atoms with van der Waals surface area (Å²) in [7, 11) is 0. The van der Waals surface area contributed by atoms with Gasteiger partial charge in [-0.1, -0.05) is 63.4 Å². The van der Waals surface area contributed by atoms with Gasteiger partial charge in [-0.2, -0.15) is 18.3 Å². The van der Waals surface area contributed by atoms with Crippen molar-refractivity contribution >= 4 is 50.9 Å². The van der Waals surface area contributed by atoms with E-state index in [1.54, 1.807) is 48.5 Å². The van der Waals surface area contributed by atoms with Gasteiger partial charge in [-0.15, -0.1) is 0 Å². The largest absolute Gasteiger partial charge is 0.410 e. The number of hydrogen-bond acceptors (Lipinski definition) is 3. The van der Waals surface area contributed by atoms with E-state index in [0.717, 1.165) is 14.7 Å². The molecule has 3 aromatic rings. The molecule has 1 amide bonds. The van der Waals surface area contributed by atoms with E-state index in [9.17, 15) is 18.0 Å². The lowest BCUT2D eigenvalue weighted by Gasteiger charge is -2.33. The van der Waals surface area contributed by atoms with Crippen molar-refractivity contribution in [2.24, 2.45) is 0 Å². The maximum absolute atomic E-state index is 13.9. The molecule has 0 spiro atoms. The van der Waals surface area contributed by atoms with Crippen molar-refractivity contribution in [3.05, 3.63) is 79.9 Å². The Labute approximate surface area is 200 Å². The fourth-order valence-corrected chi connectivity index (χ4v) is 4.17. The quantitative estimate of drug-likeness (QED) is 0.390. The van der Waals surface area contributed by atoms with Crippen LogP contribution in [0.5, 0.6) is 0 Å². The summed E-state index contributed by atoms with van der Waals surface area (Å²) in [6.07, 6.45) is -4.86. The van der Waals surface area contributed by atoms with Crippen LogP contribution in [0.15, 0.2) is 53.0 Å². The molecule has 1 aromatic heterocycles. The molecule has 0 aliphatic carbocycles. The number of nitrogens with zero attached hydrogens (tertiary/aromatic N) is 2. The third-order valence-corrected chi connectivity index (χ3v) is 6.29. The molecule has 2 unspecified atom stereocenters. The smallest absolute Gasteiger partial charge is 0.362 e. The average molecular weight is 548 g/mol. The predicted molar refractivity (Wildman–Crippen MR) is 120 cm³/mol. The number of carbonyl (C=O) groups is 1. The van der Waals surface area contributed by atoms with E-state index in [1.807, 2.05) is 0 Å². The monoisotopic (exact) mass is 546 g/mol. The highest BCUT2D eigenvalue weighted by Crippen LogP contribution is 2.46. The number of benzene rings is 2. The van der Waals surface area contributed by atoms with Crippen LogP contribution in [0.25, 0.3) is 0 Å². The van der Waals surface area contributed by atoms with Gasteiger partial charge in [0.1, 0.15) is 10.8 Å². The van der Waals surface area contributed by atoms with Gasteiger partial charge in [0.2, 0.25) is 0 Å². The van der Waals surface area contributed by atoms with E-state index in [1.165, 1.54) is 0 Å². The summed E-state index contributed by atoms with van der Waals surface area (Å²) in [6.45, 7) is 0.145. The Bertz CT molecular complexity index is 1130. The average Bonchev–Trinajstić information content (AvgIpc) is 3.09. The molecular formula is C21H16BrCl2F3N4O. The van der Waals surface area contributed by atoms with Gasteiger partial charge < -0.3 is 10.6 Å². The van der Waals surface area contributed by atoms with Gasteiger partial charge in [0.25, 0.3) is 5.91 Å². The Morgan fingerprint density at radius 2 is 1.81 bits per heavy atom. The zero-order chi connectivity index (χ0) is 23.0. The van der Waals surface area contributed by atoms with E-state index < -0.39 is 24.2 Å². The summed E-state index contributed by atoms with van der Waals surface area (Å²) in [6, 6.07) is 11.2. The van der Waals surface area contributed by atoms with Gasteiger partial charge in [-0.25, -0.2) is 4.68 Å². The zero-order valence-electron chi connectivity index (χ0n) is 16.3. The first-order valence-corrected chi connectivity index (χ1v) is 11.1. The summed E-state index contributed by atoms with van der Waals surface area (Å²) in [5, 5.41) is 9.97. The number of carbonyl (C=O) groups excluding carboxylic acids is 1. The van der Waals surface area contributed by atoms with Crippen LogP contribution in [0.3, 0.4) is 0 Å². The molecule has 1 aliphatic rings. The summed E-state index contributed by atoms with van der Waals surface area (Å²) >= 11 is 15.5. The summed E-state index contributed by atoms with van der Waals surface area (Å²) in [5.41, 5.74) is 1.16. The van der Waals surface area contributed by atoms with Crippen LogP contribution < -0.4 is 10.6 Å². The van der Waals surface area contributed by atoms with Crippen LogP contribution in [0, 0.1) is 0 Å². The standard InChI is InChI=1S/C21H16BrCl2F3N4O/c22-13-5-3-12(4-6-13)15-9-16(21(25,26)27)31-19(29-15)17(24)18(30-31)20(32)28-10-11-1-7-14(23)8-2-11/h1-8,15-16,29H,9-10H2,(H,28,32). The minimum absolute atomic E-state index is 0.0372. The molecule has 0 saturated heterocycles. The molecule has 0 bridgehead atoms. The van der Waals surface area contributed by atoms with E-state index in [-0.39, 0.29) is 29.5 Å². The number of amides is 1. The van der Waals surface area contributed by atoms with Gasteiger partial charge in [0.15, 0.2) is 11.7 Å². The number of hydrogen-bond donors (Lipinski definition) is 2. The minimum atomic E-state index is -4.57. The zero-order valence-corrected chi connectivity index (χ0v) is 19.4. The lowest BCUT2D eigenvalue weighted by atomic mass is 9.97. The van der Waals surface area contributed by atoms with Crippen molar-refractivity contribution in [2.75, 3.05) is 5.32 Å². The van der Waals surface area contributed by atoms with Crippen molar-refractivity contribution in [1.29, 1.82) is 0 Å². The fourth-order valence-electron chi connectivity index (χ4n) is 3.52. The second-order valence-electron chi connectivity index (χ2n) is 7.31. The Kier molecular flexibility index (Phi) is 6.42. The fraction of sp³-hybridized carbons (Fsp3) is 0.238. The molecule has 5 nitrogen and oxygen atoms in total. The van der Waals surface area contributed by atoms with Crippen LogP contribution >= 0.6 is 39.1 Å². The van der Waals surface area contributed by atoms with E-state index in [2.05, 4.69) is 31.7 Å². The van der Waals surface area contributed by atoms with Crippen molar-refractivity contribution < 1.29 is 18.0 Å². The Balaban J connectivity index is 1.62. The van der Waals surface area contributed by atoms with Gasteiger partial charge in [0.05, 0.1) is 6.04 Å².